The molecule has 1 heterocycles. The minimum atomic E-state index is 0.725. The van der Waals surface area contributed by atoms with Crippen molar-refractivity contribution < 1.29 is 0 Å². The van der Waals surface area contributed by atoms with Crippen molar-refractivity contribution in [2.24, 2.45) is 0 Å². The summed E-state index contributed by atoms with van der Waals surface area (Å²) in [5, 5.41) is 4.19. The summed E-state index contributed by atoms with van der Waals surface area (Å²) in [5.41, 5.74) is 6.29. The molecule has 0 bridgehead atoms. The molecule has 0 unspecified atom stereocenters. The summed E-state index contributed by atoms with van der Waals surface area (Å²) in [4.78, 5) is 4.90. The zero-order valence-corrected chi connectivity index (χ0v) is 15.7. The van der Waals surface area contributed by atoms with Gasteiger partial charge in [-0.15, -0.1) is 0 Å². The molecule has 1 N–H and O–H groups in total. The summed E-state index contributed by atoms with van der Waals surface area (Å²) >= 11 is 6.24. The number of nitrogens with zero attached hydrogens (tertiary/aromatic N) is 1. The molecule has 4 aromatic rings. The highest BCUT2D eigenvalue weighted by molar-refractivity contribution is 6.30. The van der Waals surface area contributed by atoms with Gasteiger partial charge in [-0.05, 0) is 53.9 Å². The Morgan fingerprint density at radius 2 is 1.41 bits per heavy atom. The number of aromatic nitrogens is 1. The maximum atomic E-state index is 6.24. The van der Waals surface area contributed by atoms with Crippen molar-refractivity contribution in [2.75, 3.05) is 5.32 Å². The largest absolute Gasteiger partial charge is 0.340 e. The molecule has 2 nitrogen and oxygen atoms in total. The van der Waals surface area contributed by atoms with Crippen LogP contribution < -0.4 is 5.32 Å². The number of benzene rings is 3. The van der Waals surface area contributed by atoms with Gasteiger partial charge in [-0.2, -0.15) is 0 Å². The monoisotopic (exact) mass is 370 g/mol. The van der Waals surface area contributed by atoms with Gasteiger partial charge in [0.05, 0.1) is 5.69 Å². The van der Waals surface area contributed by atoms with E-state index in [1.54, 1.807) is 0 Å². The Morgan fingerprint density at radius 1 is 0.741 bits per heavy atom. The van der Waals surface area contributed by atoms with E-state index < -0.39 is 0 Å². The number of pyridine rings is 1. The average Bonchev–Trinajstić information content (AvgIpc) is 2.71. The SMILES string of the molecule is Cc1c(-c2cccc(Cl)c2)cc(-c2ccccc2)nc1Nc1ccccc1. The van der Waals surface area contributed by atoms with Gasteiger partial charge in [0.15, 0.2) is 0 Å². The molecule has 132 valence electrons. The quantitative estimate of drug-likeness (QED) is 0.413. The summed E-state index contributed by atoms with van der Waals surface area (Å²) in [6.45, 7) is 2.09. The predicted molar refractivity (Wildman–Crippen MR) is 115 cm³/mol. The molecular weight excluding hydrogens is 352 g/mol. The van der Waals surface area contributed by atoms with Crippen LogP contribution in [0, 0.1) is 6.92 Å². The van der Waals surface area contributed by atoms with E-state index in [0.717, 1.165) is 44.5 Å². The number of halogens is 1. The smallest absolute Gasteiger partial charge is 0.134 e. The lowest BCUT2D eigenvalue weighted by Gasteiger charge is -2.16. The zero-order chi connectivity index (χ0) is 18.6. The first-order valence-corrected chi connectivity index (χ1v) is 9.23. The molecule has 0 aliphatic carbocycles. The van der Waals surface area contributed by atoms with Gasteiger partial charge in [-0.1, -0.05) is 72.3 Å². The number of nitrogens with one attached hydrogen (secondary N) is 1. The van der Waals surface area contributed by atoms with Gasteiger partial charge in [-0.25, -0.2) is 4.98 Å². The second kappa shape index (κ2) is 7.65. The third-order valence-corrected chi connectivity index (χ3v) is 4.75. The van der Waals surface area contributed by atoms with Gasteiger partial charge in [0.25, 0.3) is 0 Å². The Kier molecular flexibility index (Phi) is 4.91. The van der Waals surface area contributed by atoms with Crippen molar-refractivity contribution in [3.63, 3.8) is 0 Å². The Balaban J connectivity index is 1.88. The van der Waals surface area contributed by atoms with E-state index in [1.807, 2.05) is 66.7 Å². The van der Waals surface area contributed by atoms with Gasteiger partial charge in [-0.3, -0.25) is 0 Å². The van der Waals surface area contributed by atoms with E-state index in [0.29, 0.717) is 0 Å². The van der Waals surface area contributed by atoms with E-state index in [4.69, 9.17) is 16.6 Å². The first-order valence-electron chi connectivity index (χ1n) is 8.86. The van der Waals surface area contributed by atoms with E-state index >= 15 is 0 Å². The lowest BCUT2D eigenvalue weighted by molar-refractivity contribution is 1.26. The van der Waals surface area contributed by atoms with E-state index in [-0.39, 0.29) is 0 Å². The maximum absolute atomic E-state index is 6.24. The first kappa shape index (κ1) is 17.3. The molecule has 0 amide bonds. The van der Waals surface area contributed by atoms with Crippen LogP contribution in [0.2, 0.25) is 5.02 Å². The minimum absolute atomic E-state index is 0.725. The molecule has 0 radical (unpaired) electrons. The second-order valence-corrected chi connectivity index (χ2v) is 6.83. The molecule has 0 fully saturated rings. The van der Waals surface area contributed by atoms with Crippen molar-refractivity contribution in [3.8, 4) is 22.4 Å². The van der Waals surface area contributed by atoms with Crippen molar-refractivity contribution in [2.45, 2.75) is 6.92 Å². The highest BCUT2D eigenvalue weighted by Crippen LogP contribution is 2.34. The van der Waals surface area contributed by atoms with Gasteiger partial charge in [0.1, 0.15) is 5.82 Å². The van der Waals surface area contributed by atoms with Crippen LogP contribution in [0.1, 0.15) is 5.56 Å². The molecule has 0 atom stereocenters. The van der Waals surface area contributed by atoms with Crippen LogP contribution >= 0.6 is 11.6 Å². The average molecular weight is 371 g/mol. The number of hydrogen-bond donors (Lipinski definition) is 1. The van der Waals surface area contributed by atoms with E-state index in [9.17, 15) is 0 Å². The standard InChI is InChI=1S/C24H19ClN2/c1-17-22(19-11-8-12-20(25)15-19)16-23(18-9-4-2-5-10-18)27-24(17)26-21-13-6-3-7-14-21/h2-16H,1H3,(H,26,27). The molecule has 0 aliphatic heterocycles. The molecule has 27 heavy (non-hydrogen) atoms. The number of anilines is 2. The first-order chi connectivity index (χ1) is 13.2. The Hall–Kier alpha value is -3.10. The van der Waals surface area contributed by atoms with Crippen LogP contribution in [0.4, 0.5) is 11.5 Å². The topological polar surface area (TPSA) is 24.9 Å². The predicted octanol–water partition coefficient (Wildman–Crippen LogP) is 7.12. The van der Waals surface area contributed by atoms with Gasteiger partial charge in [0.2, 0.25) is 0 Å². The third kappa shape index (κ3) is 3.86. The Bertz CT molecular complexity index is 1060. The fraction of sp³-hybridized carbons (Fsp3) is 0.0417. The maximum Gasteiger partial charge on any atom is 0.134 e. The lowest BCUT2D eigenvalue weighted by Crippen LogP contribution is -2.00. The Morgan fingerprint density at radius 3 is 2.11 bits per heavy atom. The summed E-state index contributed by atoms with van der Waals surface area (Å²) in [6, 6.07) is 30.4. The summed E-state index contributed by atoms with van der Waals surface area (Å²) in [7, 11) is 0. The summed E-state index contributed by atoms with van der Waals surface area (Å²) < 4.78 is 0. The van der Waals surface area contributed by atoms with Crippen molar-refractivity contribution in [1.29, 1.82) is 0 Å². The second-order valence-electron chi connectivity index (χ2n) is 6.40. The summed E-state index contributed by atoms with van der Waals surface area (Å²) in [6.07, 6.45) is 0. The number of rotatable bonds is 4. The fourth-order valence-corrected chi connectivity index (χ4v) is 3.29. The van der Waals surface area contributed by atoms with Crippen LogP contribution in [0.25, 0.3) is 22.4 Å². The van der Waals surface area contributed by atoms with Gasteiger partial charge in [0, 0.05) is 16.3 Å². The molecular formula is C24H19ClN2. The highest BCUT2D eigenvalue weighted by atomic mass is 35.5. The van der Waals surface area contributed by atoms with Crippen LogP contribution in [0.15, 0.2) is 91.0 Å². The van der Waals surface area contributed by atoms with Crippen LogP contribution in [0.5, 0.6) is 0 Å². The Labute approximate surface area is 164 Å². The van der Waals surface area contributed by atoms with Crippen molar-refractivity contribution in [3.05, 3.63) is 102 Å². The normalized spacial score (nSPS) is 10.6. The lowest BCUT2D eigenvalue weighted by atomic mass is 9.98. The van der Waals surface area contributed by atoms with Crippen LogP contribution in [0.3, 0.4) is 0 Å². The fourth-order valence-electron chi connectivity index (χ4n) is 3.10. The third-order valence-electron chi connectivity index (χ3n) is 4.51. The summed E-state index contributed by atoms with van der Waals surface area (Å²) in [5.74, 6) is 0.845. The number of para-hydroxylation sites is 1. The molecule has 0 saturated heterocycles. The zero-order valence-electron chi connectivity index (χ0n) is 15.0. The molecule has 1 aromatic heterocycles. The molecule has 0 saturated carbocycles. The van der Waals surface area contributed by atoms with Crippen molar-refractivity contribution in [1.82, 2.24) is 4.98 Å². The van der Waals surface area contributed by atoms with Crippen LogP contribution in [-0.4, -0.2) is 4.98 Å². The van der Waals surface area contributed by atoms with Gasteiger partial charge < -0.3 is 5.32 Å². The van der Waals surface area contributed by atoms with E-state index in [1.165, 1.54) is 0 Å². The van der Waals surface area contributed by atoms with Crippen molar-refractivity contribution >= 4 is 23.1 Å². The number of hydrogen-bond acceptors (Lipinski definition) is 2. The van der Waals surface area contributed by atoms with Gasteiger partial charge >= 0.3 is 0 Å². The minimum Gasteiger partial charge on any atom is -0.340 e. The van der Waals surface area contributed by atoms with E-state index in [2.05, 4.69) is 36.5 Å². The molecule has 0 spiro atoms. The molecule has 4 rings (SSSR count). The molecule has 0 aliphatic rings. The molecule has 3 aromatic carbocycles. The van der Waals surface area contributed by atoms with Crippen LogP contribution in [-0.2, 0) is 0 Å². The highest BCUT2D eigenvalue weighted by Gasteiger charge is 2.13. The molecule has 3 heteroatoms.